The number of H-pyrrole nitrogens is 1. The molecule has 3 atom stereocenters. The van der Waals surface area contributed by atoms with E-state index in [1.165, 1.54) is 6.33 Å². The third-order valence-corrected chi connectivity index (χ3v) is 10.6. The number of rotatable bonds is 6. The molecule has 1 saturated heterocycles. The lowest BCUT2D eigenvalue weighted by atomic mass is 10.2. The van der Waals surface area contributed by atoms with Crippen molar-refractivity contribution in [1.29, 1.82) is 0 Å². The highest BCUT2D eigenvalue weighted by molar-refractivity contribution is 6.74. The zero-order valence-corrected chi connectivity index (χ0v) is 20.2. The topological polar surface area (TPSA) is 131 Å². The van der Waals surface area contributed by atoms with Crippen LogP contribution >= 0.6 is 0 Å². The number of aliphatic hydroxyl groups excluding tert-OH is 1. The molecule has 172 valence electrons. The summed E-state index contributed by atoms with van der Waals surface area (Å²) >= 11 is 0. The number of hydrogen-bond acceptors (Lipinski definition) is 7. The zero-order valence-electron chi connectivity index (χ0n) is 19.2. The van der Waals surface area contributed by atoms with Crippen LogP contribution in [0.1, 0.15) is 47.3 Å². The van der Waals surface area contributed by atoms with Crippen molar-refractivity contribution >= 4 is 31.3 Å². The maximum absolute atomic E-state index is 12.4. The van der Waals surface area contributed by atoms with Gasteiger partial charge in [0.2, 0.25) is 11.9 Å². The summed E-state index contributed by atoms with van der Waals surface area (Å²) in [6.45, 7) is 14.6. The van der Waals surface area contributed by atoms with Crippen LogP contribution in [0.25, 0.3) is 11.2 Å². The third kappa shape index (κ3) is 4.89. The van der Waals surface area contributed by atoms with Crippen LogP contribution in [0.3, 0.4) is 0 Å². The summed E-state index contributed by atoms with van der Waals surface area (Å²) in [7, 11) is -1.98. The molecular formula is C20H33N5O5Si. The van der Waals surface area contributed by atoms with E-state index in [1.54, 1.807) is 18.4 Å². The molecule has 2 aromatic rings. The number of nitrogens with one attached hydrogen (secondary N) is 2. The molecule has 11 heteroatoms. The second-order valence-electron chi connectivity index (χ2n) is 9.89. The Morgan fingerprint density at radius 1 is 1.45 bits per heavy atom. The molecule has 0 saturated carbocycles. The van der Waals surface area contributed by atoms with Gasteiger partial charge in [0.1, 0.15) is 12.3 Å². The van der Waals surface area contributed by atoms with E-state index >= 15 is 0 Å². The molecule has 3 rings (SSSR count). The number of hydrogen-bond donors (Lipinski definition) is 3. The van der Waals surface area contributed by atoms with E-state index in [0.29, 0.717) is 13.0 Å². The van der Waals surface area contributed by atoms with Gasteiger partial charge in [-0.1, -0.05) is 34.6 Å². The van der Waals surface area contributed by atoms with Crippen LogP contribution in [0.4, 0.5) is 5.95 Å². The molecule has 0 radical (unpaired) electrons. The number of amides is 1. The molecule has 31 heavy (non-hydrogen) atoms. The number of aliphatic hydroxyl groups is 1. The van der Waals surface area contributed by atoms with E-state index in [2.05, 4.69) is 54.1 Å². The van der Waals surface area contributed by atoms with Gasteiger partial charge < -0.3 is 14.3 Å². The van der Waals surface area contributed by atoms with Crippen LogP contribution in [-0.4, -0.2) is 57.7 Å². The van der Waals surface area contributed by atoms with E-state index in [4.69, 9.17) is 9.16 Å². The van der Waals surface area contributed by atoms with Crippen LogP contribution in [0.15, 0.2) is 11.1 Å². The van der Waals surface area contributed by atoms with Crippen LogP contribution < -0.4 is 10.9 Å². The molecule has 1 aliphatic rings. The van der Waals surface area contributed by atoms with Gasteiger partial charge in [0.05, 0.1) is 19.0 Å². The average molecular weight is 452 g/mol. The van der Waals surface area contributed by atoms with Crippen molar-refractivity contribution in [3.63, 3.8) is 0 Å². The number of anilines is 1. The lowest BCUT2D eigenvalue weighted by Gasteiger charge is -2.37. The number of carbonyl (C=O) groups excluding carboxylic acids is 1. The van der Waals surface area contributed by atoms with E-state index in [-0.39, 0.29) is 34.0 Å². The third-order valence-electron chi connectivity index (χ3n) is 6.13. The van der Waals surface area contributed by atoms with Crippen molar-refractivity contribution in [2.75, 3.05) is 11.9 Å². The first-order valence-corrected chi connectivity index (χ1v) is 13.5. The Balaban J connectivity index is 1.80. The van der Waals surface area contributed by atoms with Crippen LogP contribution in [0.2, 0.25) is 18.1 Å². The molecule has 0 aromatic carbocycles. The highest BCUT2D eigenvalue weighted by Crippen LogP contribution is 2.38. The van der Waals surface area contributed by atoms with Gasteiger partial charge >= 0.3 is 0 Å². The van der Waals surface area contributed by atoms with Crippen molar-refractivity contribution in [1.82, 2.24) is 19.5 Å². The number of ether oxygens (including phenoxy) is 1. The normalized spacial score (nSPS) is 22.4. The van der Waals surface area contributed by atoms with Crippen molar-refractivity contribution in [2.45, 2.75) is 77.6 Å². The average Bonchev–Trinajstić information content (AvgIpc) is 3.22. The molecule has 2 aromatic heterocycles. The lowest BCUT2D eigenvalue weighted by Crippen LogP contribution is -2.43. The predicted octanol–water partition coefficient (Wildman–Crippen LogP) is 2.38. The van der Waals surface area contributed by atoms with Gasteiger partial charge in [-0.15, -0.1) is 0 Å². The van der Waals surface area contributed by atoms with E-state index in [9.17, 15) is 14.7 Å². The van der Waals surface area contributed by atoms with Gasteiger partial charge in [0.15, 0.2) is 19.5 Å². The SMILES string of the molecule is CC(C)C(=O)Nc1nc2c(ncn2[C@H]2CC(O)C(CO[Si](C)(C)C(C)(C)C)O2)c(=O)[nH]1. The minimum Gasteiger partial charge on any atom is -0.414 e. The summed E-state index contributed by atoms with van der Waals surface area (Å²) in [5.41, 5.74) is -0.0354. The molecular weight excluding hydrogens is 418 g/mol. The number of aromatic nitrogens is 4. The summed E-state index contributed by atoms with van der Waals surface area (Å²) in [4.78, 5) is 35.4. The first kappa shape index (κ1) is 23.6. The monoisotopic (exact) mass is 451 g/mol. The van der Waals surface area contributed by atoms with Crippen molar-refractivity contribution < 1.29 is 19.1 Å². The predicted molar refractivity (Wildman–Crippen MR) is 119 cm³/mol. The number of imidazole rings is 1. The number of aromatic amines is 1. The largest absolute Gasteiger partial charge is 0.414 e. The van der Waals surface area contributed by atoms with Gasteiger partial charge in [0.25, 0.3) is 5.56 Å². The maximum Gasteiger partial charge on any atom is 0.280 e. The first-order chi connectivity index (χ1) is 14.3. The number of carbonyl (C=O) groups is 1. The van der Waals surface area contributed by atoms with Gasteiger partial charge in [0, 0.05) is 12.3 Å². The lowest BCUT2D eigenvalue weighted by molar-refractivity contribution is -0.118. The Morgan fingerprint density at radius 3 is 2.74 bits per heavy atom. The highest BCUT2D eigenvalue weighted by atomic mass is 28.4. The minimum atomic E-state index is -1.98. The summed E-state index contributed by atoms with van der Waals surface area (Å²) in [6, 6.07) is 0. The van der Waals surface area contributed by atoms with Gasteiger partial charge in [-0.05, 0) is 18.1 Å². The van der Waals surface area contributed by atoms with Crippen molar-refractivity contribution in [3.05, 3.63) is 16.7 Å². The molecule has 0 bridgehead atoms. The smallest absolute Gasteiger partial charge is 0.280 e. The summed E-state index contributed by atoms with van der Waals surface area (Å²) in [5.74, 6) is -0.473. The molecule has 1 fully saturated rings. The van der Waals surface area contributed by atoms with Gasteiger partial charge in [-0.3, -0.25) is 24.5 Å². The fraction of sp³-hybridized carbons (Fsp3) is 0.700. The highest BCUT2D eigenvalue weighted by Gasteiger charge is 2.41. The Hall–Kier alpha value is -2.08. The fourth-order valence-corrected chi connectivity index (χ4v) is 4.01. The second-order valence-corrected chi connectivity index (χ2v) is 14.7. The van der Waals surface area contributed by atoms with Crippen LogP contribution in [0, 0.1) is 5.92 Å². The molecule has 0 spiro atoms. The van der Waals surface area contributed by atoms with E-state index in [1.807, 2.05) is 0 Å². The minimum absolute atomic E-state index is 0.0503. The molecule has 1 amide bonds. The molecule has 10 nitrogen and oxygen atoms in total. The Kier molecular flexibility index (Phi) is 6.43. The van der Waals surface area contributed by atoms with Crippen LogP contribution in [0.5, 0.6) is 0 Å². The number of nitrogens with zero attached hydrogens (tertiary/aromatic N) is 3. The second kappa shape index (κ2) is 8.45. The standard InChI is InChI=1S/C20H33N5O5Si/c1-11(2)17(27)23-19-22-16-15(18(28)24-19)21-10-25(16)14-8-12(26)13(30-14)9-29-31(6,7)20(3,4)5/h10-14,26H,8-9H2,1-7H3,(H2,22,23,24,27,28)/t12?,13?,14-/m1/s1. The summed E-state index contributed by atoms with van der Waals surface area (Å²) < 4.78 is 13.9. The molecule has 3 heterocycles. The zero-order chi connectivity index (χ0) is 23.1. The van der Waals surface area contributed by atoms with E-state index in [0.717, 1.165) is 0 Å². The first-order valence-electron chi connectivity index (χ1n) is 10.6. The van der Waals surface area contributed by atoms with E-state index < -0.39 is 32.3 Å². The molecule has 3 N–H and O–H groups in total. The van der Waals surface area contributed by atoms with Crippen LogP contribution in [-0.2, 0) is 14.0 Å². The summed E-state index contributed by atoms with van der Waals surface area (Å²) in [6.07, 6.45) is 0.0400. The summed E-state index contributed by atoms with van der Waals surface area (Å²) in [5, 5.41) is 13.2. The number of fused-ring (bicyclic) bond motifs is 1. The molecule has 2 unspecified atom stereocenters. The maximum atomic E-state index is 12.4. The Bertz CT molecular complexity index is 1010. The molecule has 0 aliphatic carbocycles. The molecule has 1 aliphatic heterocycles. The van der Waals surface area contributed by atoms with Gasteiger partial charge in [-0.25, -0.2) is 4.98 Å². The Labute approximate surface area is 182 Å². The quantitative estimate of drug-likeness (QED) is 0.575. The van der Waals surface area contributed by atoms with Crippen molar-refractivity contribution in [2.24, 2.45) is 5.92 Å². The van der Waals surface area contributed by atoms with Crippen molar-refractivity contribution in [3.8, 4) is 0 Å². The Morgan fingerprint density at radius 2 is 2.13 bits per heavy atom. The fourth-order valence-electron chi connectivity index (χ4n) is 3.00. The van der Waals surface area contributed by atoms with Gasteiger partial charge in [-0.2, -0.15) is 4.98 Å².